The molecule has 0 aliphatic carbocycles. The number of fused-ring (bicyclic) bond motifs is 1. The van der Waals surface area contributed by atoms with Crippen LogP contribution in [0.5, 0.6) is 11.5 Å². The lowest BCUT2D eigenvalue weighted by molar-refractivity contribution is -0.122. The van der Waals surface area contributed by atoms with Gasteiger partial charge in [0, 0.05) is 18.2 Å². The van der Waals surface area contributed by atoms with Crippen molar-refractivity contribution < 1.29 is 19.1 Å². The second-order valence-corrected chi connectivity index (χ2v) is 5.45. The molecule has 0 radical (unpaired) electrons. The van der Waals surface area contributed by atoms with Gasteiger partial charge >= 0.3 is 0 Å². The van der Waals surface area contributed by atoms with Crippen LogP contribution in [0, 0.1) is 0 Å². The van der Waals surface area contributed by atoms with Crippen LogP contribution in [-0.4, -0.2) is 26.0 Å². The Hall–Kier alpha value is -3.02. The molecule has 0 saturated heterocycles. The average Bonchev–Trinajstić information content (AvgIpc) is 2.91. The molecule has 0 bridgehead atoms. The van der Waals surface area contributed by atoms with Gasteiger partial charge in [0.1, 0.15) is 11.5 Å². The normalized spacial score (nSPS) is 15.4. The molecule has 1 aliphatic heterocycles. The van der Waals surface area contributed by atoms with Crippen molar-refractivity contribution in [3.8, 4) is 11.5 Å². The molecule has 0 aromatic heterocycles. The Balaban J connectivity index is 1.74. The number of ether oxygens (including phenoxy) is 2. The number of hydrogen-bond acceptors (Lipinski definition) is 4. The number of hydrogen-bond donors (Lipinski definition) is 2. The first kappa shape index (κ1) is 15.9. The van der Waals surface area contributed by atoms with Gasteiger partial charge in [-0.1, -0.05) is 18.2 Å². The fourth-order valence-electron chi connectivity index (χ4n) is 2.77. The Morgan fingerprint density at radius 2 is 1.96 bits per heavy atom. The van der Waals surface area contributed by atoms with E-state index in [9.17, 15) is 9.59 Å². The summed E-state index contributed by atoms with van der Waals surface area (Å²) in [7, 11) is 3.08. The van der Waals surface area contributed by atoms with Crippen LogP contribution in [0.2, 0.25) is 0 Å². The highest BCUT2D eigenvalue weighted by molar-refractivity contribution is 6.06. The highest BCUT2D eigenvalue weighted by Crippen LogP contribution is 2.35. The van der Waals surface area contributed by atoms with E-state index >= 15 is 0 Å². The Kier molecular flexibility index (Phi) is 4.37. The lowest BCUT2D eigenvalue weighted by atomic mass is 9.97. The van der Waals surface area contributed by atoms with E-state index in [1.165, 1.54) is 7.11 Å². The van der Waals surface area contributed by atoms with Gasteiger partial charge < -0.3 is 20.1 Å². The van der Waals surface area contributed by atoms with Crippen molar-refractivity contribution in [1.82, 2.24) is 0 Å². The minimum absolute atomic E-state index is 0.0675. The monoisotopic (exact) mass is 326 g/mol. The molecule has 1 heterocycles. The molecular weight excluding hydrogens is 308 g/mol. The van der Waals surface area contributed by atoms with Crippen LogP contribution >= 0.6 is 0 Å². The molecule has 1 aliphatic rings. The van der Waals surface area contributed by atoms with E-state index in [0.29, 0.717) is 17.2 Å². The van der Waals surface area contributed by atoms with Gasteiger partial charge in [0.05, 0.1) is 25.8 Å². The van der Waals surface area contributed by atoms with Gasteiger partial charge in [0.25, 0.3) is 0 Å². The molecule has 6 nitrogen and oxygen atoms in total. The SMILES string of the molecule is COc1ccc(NC(=O)CC2C(=O)Nc3ccccc32)c(OC)c1. The number of rotatable bonds is 5. The number of amides is 2. The van der Waals surface area contributed by atoms with Gasteiger partial charge in [-0.05, 0) is 23.8 Å². The molecule has 0 fully saturated rings. The Bertz CT molecular complexity index is 788. The molecule has 1 atom stereocenters. The minimum atomic E-state index is -0.481. The Labute approximate surface area is 139 Å². The van der Waals surface area contributed by atoms with Crippen LogP contribution in [0.3, 0.4) is 0 Å². The number of benzene rings is 2. The first-order valence-electron chi connectivity index (χ1n) is 7.54. The van der Waals surface area contributed by atoms with Gasteiger partial charge in [-0.2, -0.15) is 0 Å². The zero-order valence-corrected chi connectivity index (χ0v) is 13.5. The lowest BCUT2D eigenvalue weighted by Crippen LogP contribution is -2.20. The number of nitrogens with one attached hydrogen (secondary N) is 2. The maximum Gasteiger partial charge on any atom is 0.232 e. The van der Waals surface area contributed by atoms with Crippen LogP contribution in [0.1, 0.15) is 17.9 Å². The van der Waals surface area contributed by atoms with Crippen LogP contribution in [0.4, 0.5) is 11.4 Å². The topological polar surface area (TPSA) is 76.7 Å². The first-order valence-corrected chi connectivity index (χ1v) is 7.54. The maximum atomic E-state index is 12.4. The molecule has 2 aromatic carbocycles. The molecular formula is C18H18N2O4. The fourth-order valence-corrected chi connectivity index (χ4v) is 2.77. The van der Waals surface area contributed by atoms with E-state index in [1.807, 2.05) is 24.3 Å². The summed E-state index contributed by atoms with van der Waals surface area (Å²) in [5.41, 5.74) is 2.15. The highest BCUT2D eigenvalue weighted by Gasteiger charge is 2.32. The Morgan fingerprint density at radius 3 is 2.71 bits per heavy atom. The third-order valence-corrected chi connectivity index (χ3v) is 3.98. The van der Waals surface area contributed by atoms with Crippen molar-refractivity contribution in [2.75, 3.05) is 24.9 Å². The third kappa shape index (κ3) is 3.03. The fraction of sp³-hybridized carbons (Fsp3) is 0.222. The van der Waals surface area contributed by atoms with E-state index < -0.39 is 5.92 Å². The molecule has 3 rings (SSSR count). The zero-order chi connectivity index (χ0) is 17.1. The van der Waals surface area contributed by atoms with E-state index in [0.717, 1.165) is 11.3 Å². The van der Waals surface area contributed by atoms with Gasteiger partial charge in [-0.15, -0.1) is 0 Å². The summed E-state index contributed by atoms with van der Waals surface area (Å²) in [4.78, 5) is 24.5. The van der Waals surface area contributed by atoms with Gasteiger partial charge in [-0.3, -0.25) is 9.59 Å². The second-order valence-electron chi connectivity index (χ2n) is 5.45. The molecule has 2 amide bonds. The molecule has 2 aromatic rings. The van der Waals surface area contributed by atoms with Crippen LogP contribution < -0.4 is 20.1 Å². The van der Waals surface area contributed by atoms with E-state index in [1.54, 1.807) is 25.3 Å². The van der Waals surface area contributed by atoms with Crippen molar-refractivity contribution in [3.63, 3.8) is 0 Å². The summed E-state index contributed by atoms with van der Waals surface area (Å²) in [5, 5.41) is 5.59. The van der Waals surface area contributed by atoms with E-state index in [-0.39, 0.29) is 18.2 Å². The highest BCUT2D eigenvalue weighted by atomic mass is 16.5. The third-order valence-electron chi connectivity index (χ3n) is 3.98. The van der Waals surface area contributed by atoms with Gasteiger partial charge in [0.2, 0.25) is 11.8 Å². The molecule has 6 heteroatoms. The average molecular weight is 326 g/mol. The summed E-state index contributed by atoms with van der Waals surface area (Å²) < 4.78 is 10.4. The predicted molar refractivity (Wildman–Crippen MR) is 90.6 cm³/mol. The first-order chi connectivity index (χ1) is 11.6. The summed E-state index contributed by atoms with van der Waals surface area (Å²) in [6.45, 7) is 0. The maximum absolute atomic E-state index is 12.4. The lowest BCUT2D eigenvalue weighted by Gasteiger charge is -2.13. The van der Waals surface area contributed by atoms with Crippen molar-refractivity contribution in [2.24, 2.45) is 0 Å². The molecule has 124 valence electrons. The summed E-state index contributed by atoms with van der Waals surface area (Å²) in [6, 6.07) is 12.5. The molecule has 24 heavy (non-hydrogen) atoms. The van der Waals surface area contributed by atoms with Crippen molar-refractivity contribution >= 4 is 23.2 Å². The number of anilines is 2. The van der Waals surface area contributed by atoms with Crippen LogP contribution in [0.25, 0.3) is 0 Å². The zero-order valence-electron chi connectivity index (χ0n) is 13.5. The standard InChI is InChI=1S/C18H18N2O4/c1-23-11-7-8-15(16(9-11)24-2)19-17(21)10-13-12-5-3-4-6-14(12)20-18(13)22/h3-9,13H,10H2,1-2H3,(H,19,21)(H,20,22). The van der Waals surface area contributed by atoms with Crippen LogP contribution in [0.15, 0.2) is 42.5 Å². The van der Waals surface area contributed by atoms with Crippen LogP contribution in [-0.2, 0) is 9.59 Å². The van der Waals surface area contributed by atoms with Crippen molar-refractivity contribution in [3.05, 3.63) is 48.0 Å². The van der Waals surface area contributed by atoms with Gasteiger partial charge in [-0.25, -0.2) is 0 Å². The number of carbonyl (C=O) groups is 2. The summed E-state index contributed by atoms with van der Waals surface area (Å²) in [6.07, 6.45) is 0.0675. The molecule has 0 saturated carbocycles. The van der Waals surface area contributed by atoms with Crippen molar-refractivity contribution in [2.45, 2.75) is 12.3 Å². The summed E-state index contributed by atoms with van der Waals surface area (Å²) in [5.74, 6) is 0.238. The van der Waals surface area contributed by atoms with Crippen molar-refractivity contribution in [1.29, 1.82) is 0 Å². The number of para-hydroxylation sites is 1. The molecule has 1 unspecified atom stereocenters. The predicted octanol–water partition coefficient (Wildman–Crippen LogP) is 2.77. The largest absolute Gasteiger partial charge is 0.497 e. The Morgan fingerprint density at radius 1 is 1.17 bits per heavy atom. The number of methoxy groups -OCH3 is 2. The van der Waals surface area contributed by atoms with Gasteiger partial charge in [0.15, 0.2) is 0 Å². The van der Waals surface area contributed by atoms with E-state index in [4.69, 9.17) is 9.47 Å². The second kappa shape index (κ2) is 6.62. The quantitative estimate of drug-likeness (QED) is 0.886. The molecule has 2 N–H and O–H groups in total. The number of carbonyl (C=O) groups excluding carboxylic acids is 2. The molecule has 0 spiro atoms. The minimum Gasteiger partial charge on any atom is -0.497 e. The van der Waals surface area contributed by atoms with E-state index in [2.05, 4.69) is 10.6 Å². The summed E-state index contributed by atoms with van der Waals surface area (Å²) >= 11 is 0. The smallest absolute Gasteiger partial charge is 0.232 e.